The highest BCUT2D eigenvalue weighted by molar-refractivity contribution is 7.91. The van der Waals surface area contributed by atoms with Crippen LogP contribution in [0.1, 0.15) is 24.2 Å². The van der Waals surface area contributed by atoms with Crippen LogP contribution in [0.3, 0.4) is 0 Å². The number of halogens is 5. The van der Waals surface area contributed by atoms with Gasteiger partial charge in [0.15, 0.2) is 0 Å². The summed E-state index contributed by atoms with van der Waals surface area (Å²) in [4.78, 5) is 24.8. The summed E-state index contributed by atoms with van der Waals surface area (Å²) in [5.41, 5.74) is -3.89. The van der Waals surface area contributed by atoms with Crippen LogP contribution in [0.4, 0.5) is 18.9 Å². The molecule has 2 aromatic rings. The van der Waals surface area contributed by atoms with E-state index in [0.29, 0.717) is 6.54 Å². The van der Waals surface area contributed by atoms with Crippen molar-refractivity contribution in [1.82, 2.24) is 4.90 Å². The predicted molar refractivity (Wildman–Crippen MR) is 116 cm³/mol. The number of hydrogen-bond acceptors (Lipinski definition) is 5. The molecule has 33 heavy (non-hydrogen) atoms. The Balaban J connectivity index is 2.39. The second kappa shape index (κ2) is 9.49. The molecule has 0 bridgehead atoms. The van der Waals surface area contributed by atoms with Crippen molar-refractivity contribution in [1.29, 1.82) is 0 Å². The first-order valence-electron chi connectivity index (χ1n) is 9.24. The molecule has 0 aliphatic rings. The van der Waals surface area contributed by atoms with Gasteiger partial charge in [-0.05, 0) is 50.2 Å². The van der Waals surface area contributed by atoms with Crippen LogP contribution in [0.5, 0.6) is 0 Å². The van der Waals surface area contributed by atoms with Gasteiger partial charge >= 0.3 is 6.18 Å². The lowest BCUT2D eigenvalue weighted by molar-refractivity contribution is -0.242. The van der Waals surface area contributed by atoms with Crippen molar-refractivity contribution >= 4 is 50.5 Å². The third-order valence-corrected chi connectivity index (χ3v) is 7.62. The van der Waals surface area contributed by atoms with Gasteiger partial charge in [0.05, 0.1) is 25.5 Å². The van der Waals surface area contributed by atoms with Crippen LogP contribution in [-0.4, -0.2) is 55.6 Å². The van der Waals surface area contributed by atoms with Crippen molar-refractivity contribution in [2.45, 2.75) is 35.4 Å². The monoisotopic (exact) mass is 526 g/mol. The second-order valence-corrected chi connectivity index (χ2v) is 9.78. The van der Waals surface area contributed by atoms with Crippen molar-refractivity contribution in [3.05, 3.63) is 52.0 Å². The first-order valence-corrected chi connectivity index (χ1v) is 11.5. The molecule has 0 aliphatic carbocycles. The Kier molecular flexibility index (Phi) is 7.74. The third kappa shape index (κ3) is 5.26. The maximum Gasteiger partial charge on any atom is 0.426 e. The zero-order chi connectivity index (χ0) is 25.4. The number of hydrogen-bond donors (Lipinski definition) is 2. The summed E-state index contributed by atoms with van der Waals surface area (Å²) >= 11 is 12.0. The largest absolute Gasteiger partial charge is 0.426 e. The molecule has 0 aliphatic heterocycles. The minimum absolute atomic E-state index is 0.215. The molecule has 7 nitrogen and oxygen atoms in total. The fourth-order valence-corrected chi connectivity index (χ4v) is 4.55. The molecule has 1 atom stereocenters. The summed E-state index contributed by atoms with van der Waals surface area (Å²) in [7, 11) is -2.65. The van der Waals surface area contributed by atoms with Gasteiger partial charge in [-0.3, -0.25) is 9.59 Å². The molecule has 0 spiro atoms. The van der Waals surface area contributed by atoms with E-state index in [-0.39, 0.29) is 23.3 Å². The molecule has 1 unspecified atom stereocenters. The number of alkyl halides is 3. The highest BCUT2D eigenvalue weighted by Crippen LogP contribution is 2.39. The Labute approximate surface area is 198 Å². The Bertz CT molecular complexity index is 1180. The summed E-state index contributed by atoms with van der Waals surface area (Å²) in [5, 5.41) is 10.1. The molecular formula is C20H19Cl2F3N2O5S. The highest BCUT2D eigenvalue weighted by Gasteiger charge is 2.55. The number of nitrogens with one attached hydrogen (secondary N) is 1. The van der Waals surface area contributed by atoms with E-state index in [1.165, 1.54) is 29.2 Å². The van der Waals surface area contributed by atoms with Gasteiger partial charge in [-0.1, -0.05) is 23.2 Å². The number of aliphatic hydroxyl groups is 1. The Morgan fingerprint density at radius 3 is 2.09 bits per heavy atom. The van der Waals surface area contributed by atoms with Crippen molar-refractivity contribution in [2.75, 3.05) is 18.9 Å². The number of nitrogens with zero attached hydrogens (tertiary/aromatic N) is 1. The van der Waals surface area contributed by atoms with Gasteiger partial charge in [-0.2, -0.15) is 13.2 Å². The highest BCUT2D eigenvalue weighted by atomic mass is 35.5. The molecule has 2 amide bonds. The fourth-order valence-electron chi connectivity index (χ4n) is 2.48. The number of carbonyl (C=O) groups is 2. The molecule has 2 N–H and O–H groups in total. The van der Waals surface area contributed by atoms with Gasteiger partial charge in [0, 0.05) is 19.2 Å². The maximum atomic E-state index is 13.0. The SMILES string of the molecule is CCN(C)C(=O)c1ccc(S(=O)(=O)c2ccc(NC(=O)C(C)(O)C(F)(F)F)c(Cl)c2Cl)cc1. The Morgan fingerprint density at radius 2 is 1.61 bits per heavy atom. The fraction of sp³-hybridized carbons (Fsp3) is 0.300. The first kappa shape index (κ1) is 26.9. The summed E-state index contributed by atoms with van der Waals surface area (Å²) < 4.78 is 64.5. The van der Waals surface area contributed by atoms with Gasteiger partial charge in [-0.15, -0.1) is 0 Å². The molecule has 0 radical (unpaired) electrons. The quantitative estimate of drug-likeness (QED) is 0.587. The van der Waals surface area contributed by atoms with Crippen molar-refractivity contribution in [2.24, 2.45) is 0 Å². The minimum atomic E-state index is -5.27. The number of rotatable bonds is 6. The molecule has 180 valence electrons. The van der Waals surface area contributed by atoms with E-state index in [4.69, 9.17) is 23.2 Å². The predicted octanol–water partition coefficient (Wildman–Crippen LogP) is 4.17. The molecule has 0 saturated carbocycles. The molecule has 13 heteroatoms. The number of sulfone groups is 1. The topological polar surface area (TPSA) is 104 Å². The van der Waals surface area contributed by atoms with Crippen LogP contribution in [0.15, 0.2) is 46.2 Å². The standard InChI is InChI=1S/C20H19Cl2F3N2O5S/c1-4-27(3)17(28)11-5-7-12(8-6-11)33(31,32)14-10-9-13(15(21)16(14)22)26-18(29)19(2,30)20(23,24)25/h5-10,30H,4H2,1-3H3,(H,26,29). The lowest BCUT2D eigenvalue weighted by Crippen LogP contribution is -2.52. The van der Waals surface area contributed by atoms with E-state index in [2.05, 4.69) is 0 Å². The van der Waals surface area contributed by atoms with Crippen LogP contribution < -0.4 is 5.32 Å². The van der Waals surface area contributed by atoms with Crippen LogP contribution in [0.2, 0.25) is 10.0 Å². The van der Waals surface area contributed by atoms with E-state index in [1.807, 2.05) is 0 Å². The second-order valence-electron chi connectivity index (χ2n) is 7.11. The molecule has 0 aromatic heterocycles. The van der Waals surface area contributed by atoms with Gasteiger partial charge in [-0.25, -0.2) is 8.42 Å². The van der Waals surface area contributed by atoms with Crippen LogP contribution in [0.25, 0.3) is 0 Å². The summed E-state index contributed by atoms with van der Waals surface area (Å²) in [6.07, 6.45) is -5.27. The number of carbonyl (C=O) groups excluding carboxylic acids is 2. The first-order chi connectivity index (χ1) is 15.1. The summed E-state index contributed by atoms with van der Waals surface area (Å²) in [6, 6.07) is 6.94. The van der Waals surface area contributed by atoms with E-state index < -0.39 is 48.1 Å². The van der Waals surface area contributed by atoms with Gasteiger partial charge in [0.25, 0.3) is 11.8 Å². The molecule has 0 heterocycles. The smallest absolute Gasteiger partial charge is 0.373 e. The van der Waals surface area contributed by atoms with Crippen molar-refractivity contribution < 1.29 is 36.3 Å². The number of anilines is 1. The van der Waals surface area contributed by atoms with E-state index in [0.717, 1.165) is 12.1 Å². The molecule has 2 rings (SSSR count). The van der Waals surface area contributed by atoms with Gasteiger partial charge in [0.1, 0.15) is 0 Å². The average Bonchev–Trinajstić information content (AvgIpc) is 2.74. The van der Waals surface area contributed by atoms with E-state index >= 15 is 0 Å². The average molecular weight is 527 g/mol. The normalized spacial score (nSPS) is 13.8. The maximum absolute atomic E-state index is 13.0. The number of benzene rings is 2. The molecule has 0 saturated heterocycles. The molecule has 0 fully saturated rings. The number of amides is 2. The Morgan fingerprint density at radius 1 is 1.06 bits per heavy atom. The zero-order valence-electron chi connectivity index (χ0n) is 17.5. The van der Waals surface area contributed by atoms with E-state index in [1.54, 1.807) is 19.3 Å². The van der Waals surface area contributed by atoms with Crippen molar-refractivity contribution in [3.8, 4) is 0 Å². The van der Waals surface area contributed by atoms with Crippen LogP contribution in [0, 0.1) is 0 Å². The zero-order valence-corrected chi connectivity index (χ0v) is 19.8. The lowest BCUT2D eigenvalue weighted by atomic mass is 10.1. The van der Waals surface area contributed by atoms with Gasteiger partial charge < -0.3 is 15.3 Å². The Hall–Kier alpha value is -2.34. The lowest BCUT2D eigenvalue weighted by Gasteiger charge is -2.25. The summed E-state index contributed by atoms with van der Waals surface area (Å²) in [6.45, 7) is 2.48. The van der Waals surface area contributed by atoms with Gasteiger partial charge in [0.2, 0.25) is 15.4 Å². The van der Waals surface area contributed by atoms with Crippen LogP contribution in [-0.2, 0) is 14.6 Å². The summed E-state index contributed by atoms with van der Waals surface area (Å²) in [5.74, 6) is -2.14. The minimum Gasteiger partial charge on any atom is -0.373 e. The molecule has 2 aromatic carbocycles. The van der Waals surface area contributed by atoms with Crippen molar-refractivity contribution in [3.63, 3.8) is 0 Å². The third-order valence-electron chi connectivity index (χ3n) is 4.81. The molecular weight excluding hydrogens is 508 g/mol. The van der Waals surface area contributed by atoms with E-state index in [9.17, 15) is 36.3 Å². The van der Waals surface area contributed by atoms with Crippen LogP contribution >= 0.6 is 23.2 Å².